The number of aromatic nitrogens is 2. The van der Waals surface area contributed by atoms with E-state index in [1.165, 1.54) is 0 Å². The van der Waals surface area contributed by atoms with E-state index in [-0.39, 0.29) is 5.78 Å². The highest BCUT2D eigenvalue weighted by Crippen LogP contribution is 2.19. The molecule has 18 heavy (non-hydrogen) atoms. The van der Waals surface area contributed by atoms with E-state index in [0.717, 1.165) is 36.8 Å². The van der Waals surface area contributed by atoms with Crippen LogP contribution in [0, 0.1) is 0 Å². The molecule has 100 valence electrons. The number of Topliss-reactive ketones (excluding diaryl/α,β-unsaturated/α-hetero) is 1. The molecule has 0 bridgehead atoms. The summed E-state index contributed by atoms with van der Waals surface area (Å²) in [5.74, 6) is 0.226. The third kappa shape index (κ3) is 3.52. The molecule has 0 N–H and O–H groups in total. The van der Waals surface area contributed by atoms with Crippen LogP contribution < -0.4 is 0 Å². The van der Waals surface area contributed by atoms with Crippen molar-refractivity contribution >= 4 is 13.9 Å². The number of carbonyl (C=O) groups is 1. The average Bonchev–Trinajstić information content (AvgIpc) is 2.68. The third-order valence-electron chi connectivity index (χ3n) is 3.18. The fourth-order valence-electron chi connectivity index (χ4n) is 2.03. The average molecular weight is 266 g/mol. The first-order valence-corrected chi connectivity index (χ1v) is 10.3. The molecule has 0 amide bonds. The summed E-state index contributed by atoms with van der Waals surface area (Å²) in [6, 6.07) is 1.16. The van der Waals surface area contributed by atoms with Gasteiger partial charge in [-0.05, 0) is 18.9 Å². The highest BCUT2D eigenvalue weighted by Gasteiger charge is 2.20. The Balaban J connectivity index is 1.86. The van der Waals surface area contributed by atoms with Gasteiger partial charge in [0, 0.05) is 27.3 Å². The molecule has 2 rings (SSSR count). The zero-order valence-corrected chi connectivity index (χ0v) is 12.5. The van der Waals surface area contributed by atoms with Crippen LogP contribution in [-0.4, -0.2) is 30.2 Å². The molecule has 0 saturated heterocycles. The van der Waals surface area contributed by atoms with Crippen molar-refractivity contribution in [2.75, 3.05) is 6.61 Å². The summed E-state index contributed by atoms with van der Waals surface area (Å²) in [4.78, 5) is 11.7. The first kappa shape index (κ1) is 13.5. The van der Waals surface area contributed by atoms with E-state index in [9.17, 15) is 4.79 Å². The second kappa shape index (κ2) is 5.36. The monoisotopic (exact) mass is 266 g/mol. The van der Waals surface area contributed by atoms with Crippen LogP contribution in [0.4, 0.5) is 0 Å². The van der Waals surface area contributed by atoms with Gasteiger partial charge in [0.1, 0.15) is 6.73 Å². The predicted octanol–water partition coefficient (Wildman–Crippen LogP) is 2.71. The first-order valence-electron chi connectivity index (χ1n) is 6.63. The Labute approximate surface area is 109 Å². The van der Waals surface area contributed by atoms with Gasteiger partial charge in [0.2, 0.25) is 0 Å². The Morgan fingerprint density at radius 2 is 2.17 bits per heavy atom. The van der Waals surface area contributed by atoms with Gasteiger partial charge >= 0.3 is 0 Å². The van der Waals surface area contributed by atoms with E-state index in [4.69, 9.17) is 4.74 Å². The molecule has 1 heterocycles. The van der Waals surface area contributed by atoms with Gasteiger partial charge in [-0.3, -0.25) is 4.79 Å². The minimum absolute atomic E-state index is 0.226. The fourth-order valence-corrected chi connectivity index (χ4v) is 2.79. The van der Waals surface area contributed by atoms with Gasteiger partial charge in [0.15, 0.2) is 5.78 Å². The molecule has 1 aromatic rings. The highest BCUT2D eigenvalue weighted by atomic mass is 28.3. The zero-order chi connectivity index (χ0) is 13.2. The molecule has 1 aliphatic carbocycles. The number of ether oxygens (including phenoxy) is 1. The number of nitrogens with zero attached hydrogens (tertiary/aromatic N) is 2. The molecule has 5 heteroatoms. The van der Waals surface area contributed by atoms with E-state index >= 15 is 0 Å². The lowest BCUT2D eigenvalue weighted by molar-refractivity contribution is 0.0782. The molecule has 1 aliphatic rings. The molecule has 0 unspecified atom stereocenters. The number of hydrogen-bond donors (Lipinski definition) is 0. The summed E-state index contributed by atoms with van der Waals surface area (Å²) in [7, 11) is -1.02. The third-order valence-corrected chi connectivity index (χ3v) is 4.88. The van der Waals surface area contributed by atoms with Crippen molar-refractivity contribution in [2.24, 2.45) is 0 Å². The van der Waals surface area contributed by atoms with E-state index in [1.54, 1.807) is 4.68 Å². The van der Waals surface area contributed by atoms with Crippen molar-refractivity contribution in [1.82, 2.24) is 9.78 Å². The molecular weight excluding hydrogens is 244 g/mol. The Bertz CT molecular complexity index is 435. The largest absolute Gasteiger partial charge is 0.360 e. The van der Waals surface area contributed by atoms with Crippen molar-refractivity contribution in [3.8, 4) is 0 Å². The van der Waals surface area contributed by atoms with Crippen molar-refractivity contribution in [1.29, 1.82) is 0 Å². The SMILES string of the molecule is C[Si](C)(C)CCOCn1cc2c(n1)CCCC2=O. The van der Waals surface area contributed by atoms with Crippen LogP contribution in [-0.2, 0) is 17.9 Å². The Kier molecular flexibility index (Phi) is 4.02. The van der Waals surface area contributed by atoms with Crippen LogP contribution in [0.15, 0.2) is 6.20 Å². The van der Waals surface area contributed by atoms with E-state index in [2.05, 4.69) is 24.7 Å². The Hall–Kier alpha value is -0.943. The number of rotatable bonds is 5. The summed E-state index contributed by atoms with van der Waals surface area (Å²) >= 11 is 0. The Morgan fingerprint density at radius 3 is 2.83 bits per heavy atom. The van der Waals surface area contributed by atoms with Crippen LogP contribution in [0.25, 0.3) is 0 Å². The van der Waals surface area contributed by atoms with Crippen molar-refractivity contribution < 1.29 is 9.53 Å². The Morgan fingerprint density at radius 1 is 1.39 bits per heavy atom. The van der Waals surface area contributed by atoms with Gasteiger partial charge in [-0.15, -0.1) is 0 Å². The van der Waals surface area contributed by atoms with E-state index in [1.807, 2.05) is 6.20 Å². The number of carbonyl (C=O) groups excluding carboxylic acids is 1. The summed E-state index contributed by atoms with van der Waals surface area (Å²) in [5, 5.41) is 4.42. The maximum Gasteiger partial charge on any atom is 0.166 e. The fraction of sp³-hybridized carbons (Fsp3) is 0.692. The van der Waals surface area contributed by atoms with Gasteiger partial charge in [-0.2, -0.15) is 5.10 Å². The summed E-state index contributed by atoms with van der Waals surface area (Å²) in [6.07, 6.45) is 4.35. The minimum atomic E-state index is -1.02. The molecule has 0 fully saturated rings. The minimum Gasteiger partial charge on any atom is -0.360 e. The van der Waals surface area contributed by atoms with Crippen molar-refractivity contribution in [3.05, 3.63) is 17.5 Å². The molecule has 0 spiro atoms. The summed E-state index contributed by atoms with van der Waals surface area (Å²) in [6.45, 7) is 8.25. The molecule has 4 nitrogen and oxygen atoms in total. The van der Waals surface area contributed by atoms with Crippen LogP contribution in [0.3, 0.4) is 0 Å². The molecular formula is C13H22N2O2Si. The maximum atomic E-state index is 11.7. The van der Waals surface area contributed by atoms with Crippen LogP contribution in [0.2, 0.25) is 25.7 Å². The molecule has 0 atom stereocenters. The summed E-state index contributed by atoms with van der Waals surface area (Å²) < 4.78 is 7.39. The topological polar surface area (TPSA) is 44.1 Å². The predicted molar refractivity (Wildman–Crippen MR) is 73.6 cm³/mol. The smallest absolute Gasteiger partial charge is 0.166 e. The zero-order valence-electron chi connectivity index (χ0n) is 11.5. The normalized spacial score (nSPS) is 15.8. The quantitative estimate of drug-likeness (QED) is 0.608. The van der Waals surface area contributed by atoms with Gasteiger partial charge < -0.3 is 4.74 Å². The molecule has 0 aromatic carbocycles. The van der Waals surface area contributed by atoms with E-state index < -0.39 is 8.07 Å². The van der Waals surface area contributed by atoms with E-state index in [0.29, 0.717) is 13.2 Å². The van der Waals surface area contributed by atoms with Crippen molar-refractivity contribution in [2.45, 2.75) is 51.7 Å². The van der Waals surface area contributed by atoms with Gasteiger partial charge in [0.25, 0.3) is 0 Å². The molecule has 0 radical (unpaired) electrons. The maximum absolute atomic E-state index is 11.7. The lowest BCUT2D eigenvalue weighted by Crippen LogP contribution is -2.22. The van der Waals surface area contributed by atoms with Gasteiger partial charge in [-0.25, -0.2) is 4.68 Å². The van der Waals surface area contributed by atoms with Gasteiger partial charge in [0.05, 0.1) is 11.3 Å². The molecule has 0 saturated carbocycles. The summed E-state index contributed by atoms with van der Waals surface area (Å²) in [5.41, 5.74) is 1.75. The first-order chi connectivity index (χ1) is 8.46. The second-order valence-electron chi connectivity index (χ2n) is 6.15. The number of aryl methyl sites for hydroxylation is 1. The van der Waals surface area contributed by atoms with Gasteiger partial charge in [-0.1, -0.05) is 19.6 Å². The highest BCUT2D eigenvalue weighted by molar-refractivity contribution is 6.76. The number of hydrogen-bond acceptors (Lipinski definition) is 3. The van der Waals surface area contributed by atoms with Crippen LogP contribution >= 0.6 is 0 Å². The molecule has 1 aromatic heterocycles. The lowest BCUT2D eigenvalue weighted by atomic mass is 9.97. The van der Waals surface area contributed by atoms with Crippen LogP contribution in [0.1, 0.15) is 28.9 Å². The lowest BCUT2D eigenvalue weighted by Gasteiger charge is -2.15. The molecule has 0 aliphatic heterocycles. The standard InChI is InChI=1S/C13H22N2O2Si/c1-18(2,3)8-7-17-10-15-9-11-12(14-15)5-4-6-13(11)16/h9H,4-8,10H2,1-3H3. The number of ketones is 1. The van der Waals surface area contributed by atoms with Crippen molar-refractivity contribution in [3.63, 3.8) is 0 Å². The second-order valence-corrected chi connectivity index (χ2v) is 11.8. The number of fused-ring (bicyclic) bond motifs is 1. The van der Waals surface area contributed by atoms with Crippen LogP contribution in [0.5, 0.6) is 0 Å².